The molecule has 0 aromatic rings. The normalized spacial score (nSPS) is 29.0. The highest BCUT2D eigenvalue weighted by molar-refractivity contribution is 4.71. The summed E-state index contributed by atoms with van der Waals surface area (Å²) in [6.45, 7) is 8.84. The molecule has 0 spiro atoms. The van der Waals surface area contributed by atoms with Crippen LogP contribution in [0.25, 0.3) is 0 Å². The monoisotopic (exact) mass is 213 g/mol. The van der Waals surface area contributed by atoms with Gasteiger partial charge in [0.2, 0.25) is 0 Å². The minimum Gasteiger partial charge on any atom is -0.375 e. The van der Waals surface area contributed by atoms with E-state index in [9.17, 15) is 0 Å². The molecule has 1 saturated carbocycles. The van der Waals surface area contributed by atoms with Gasteiger partial charge in [0.1, 0.15) is 0 Å². The molecule has 0 saturated heterocycles. The Morgan fingerprint density at radius 3 is 2.87 bits per heavy atom. The molecule has 15 heavy (non-hydrogen) atoms. The van der Waals surface area contributed by atoms with Crippen molar-refractivity contribution >= 4 is 0 Å². The first-order chi connectivity index (χ1) is 7.22. The first-order valence-corrected chi connectivity index (χ1v) is 6.58. The van der Waals surface area contributed by atoms with E-state index < -0.39 is 0 Å². The molecule has 1 aliphatic rings. The molecule has 0 aliphatic heterocycles. The lowest BCUT2D eigenvalue weighted by molar-refractivity contribution is -0.0330. The zero-order chi connectivity index (χ0) is 11.1. The van der Waals surface area contributed by atoms with Gasteiger partial charge >= 0.3 is 0 Å². The molecule has 3 atom stereocenters. The largest absolute Gasteiger partial charge is 0.375 e. The lowest BCUT2D eigenvalue weighted by Gasteiger charge is -2.29. The molecule has 1 rings (SSSR count). The van der Waals surface area contributed by atoms with E-state index in [1.165, 1.54) is 25.7 Å². The first kappa shape index (κ1) is 13.0. The van der Waals surface area contributed by atoms with Gasteiger partial charge in [0, 0.05) is 0 Å². The highest BCUT2D eigenvalue weighted by Gasteiger charge is 2.20. The van der Waals surface area contributed by atoms with Crippen molar-refractivity contribution in [1.29, 1.82) is 0 Å². The van der Waals surface area contributed by atoms with Crippen molar-refractivity contribution in [2.45, 2.75) is 65.1 Å². The van der Waals surface area contributed by atoms with E-state index in [4.69, 9.17) is 4.74 Å². The molecule has 1 aliphatic carbocycles. The molecule has 0 heterocycles. The zero-order valence-corrected chi connectivity index (χ0v) is 10.6. The topological polar surface area (TPSA) is 21.3 Å². The Balaban J connectivity index is 2.10. The molecular weight excluding hydrogens is 186 g/mol. The van der Waals surface area contributed by atoms with E-state index in [2.05, 4.69) is 26.1 Å². The summed E-state index contributed by atoms with van der Waals surface area (Å²) in [4.78, 5) is 0. The molecule has 0 bridgehead atoms. The van der Waals surface area contributed by atoms with Gasteiger partial charge < -0.3 is 10.1 Å². The Morgan fingerprint density at radius 2 is 2.20 bits per heavy atom. The fourth-order valence-electron chi connectivity index (χ4n) is 2.38. The summed E-state index contributed by atoms with van der Waals surface area (Å²) in [5.41, 5.74) is 0. The lowest BCUT2D eigenvalue weighted by Crippen LogP contribution is -2.28. The smallest absolute Gasteiger partial charge is 0.0581 e. The van der Waals surface area contributed by atoms with Gasteiger partial charge in [-0.05, 0) is 45.2 Å². The van der Waals surface area contributed by atoms with Gasteiger partial charge in [0.05, 0.1) is 12.2 Å². The number of hydrogen-bond acceptors (Lipinski definition) is 2. The van der Waals surface area contributed by atoms with Crippen molar-refractivity contribution in [1.82, 2.24) is 5.32 Å². The van der Waals surface area contributed by atoms with E-state index in [-0.39, 0.29) is 0 Å². The predicted molar refractivity (Wildman–Crippen MR) is 65.1 cm³/mol. The quantitative estimate of drug-likeness (QED) is 0.685. The van der Waals surface area contributed by atoms with Gasteiger partial charge in [-0.2, -0.15) is 0 Å². The molecule has 3 unspecified atom stereocenters. The van der Waals surface area contributed by atoms with Crippen molar-refractivity contribution in [3.8, 4) is 0 Å². The van der Waals surface area contributed by atoms with Crippen LogP contribution in [-0.2, 0) is 4.74 Å². The van der Waals surface area contributed by atoms with Crippen LogP contribution in [-0.4, -0.2) is 25.3 Å². The predicted octanol–water partition coefficient (Wildman–Crippen LogP) is 2.97. The Morgan fingerprint density at radius 1 is 1.40 bits per heavy atom. The number of ether oxygens (including phenoxy) is 1. The summed E-state index contributed by atoms with van der Waals surface area (Å²) in [7, 11) is 0. The number of rotatable bonds is 6. The van der Waals surface area contributed by atoms with E-state index >= 15 is 0 Å². The van der Waals surface area contributed by atoms with Crippen LogP contribution in [0.1, 0.15) is 52.9 Å². The SMILES string of the molecule is CCNCCC(C)OC1CCCC(C)C1. The zero-order valence-electron chi connectivity index (χ0n) is 10.6. The van der Waals surface area contributed by atoms with Gasteiger partial charge in [-0.3, -0.25) is 0 Å². The second-order valence-corrected chi connectivity index (χ2v) is 4.98. The molecule has 2 heteroatoms. The van der Waals surface area contributed by atoms with Crippen LogP contribution < -0.4 is 5.32 Å². The highest BCUT2D eigenvalue weighted by atomic mass is 16.5. The average molecular weight is 213 g/mol. The molecule has 90 valence electrons. The number of hydrogen-bond donors (Lipinski definition) is 1. The Labute approximate surface area is 94.8 Å². The Bertz CT molecular complexity index is 161. The van der Waals surface area contributed by atoms with Gasteiger partial charge in [0.15, 0.2) is 0 Å². The lowest BCUT2D eigenvalue weighted by atomic mass is 9.88. The van der Waals surface area contributed by atoms with E-state index in [0.29, 0.717) is 12.2 Å². The fourth-order valence-corrected chi connectivity index (χ4v) is 2.38. The summed E-state index contributed by atoms with van der Waals surface area (Å²) in [5.74, 6) is 0.865. The summed E-state index contributed by atoms with van der Waals surface area (Å²) in [6.07, 6.45) is 7.38. The minimum absolute atomic E-state index is 0.416. The standard InChI is InChI=1S/C13H27NO/c1-4-14-9-8-12(3)15-13-7-5-6-11(2)10-13/h11-14H,4-10H2,1-3H3. The van der Waals surface area contributed by atoms with Crippen LogP contribution in [0.3, 0.4) is 0 Å². The van der Waals surface area contributed by atoms with Crippen LogP contribution in [0.15, 0.2) is 0 Å². The maximum Gasteiger partial charge on any atom is 0.0581 e. The highest BCUT2D eigenvalue weighted by Crippen LogP contribution is 2.26. The van der Waals surface area contributed by atoms with E-state index in [1.807, 2.05) is 0 Å². The van der Waals surface area contributed by atoms with Crippen LogP contribution >= 0.6 is 0 Å². The second-order valence-electron chi connectivity index (χ2n) is 4.98. The van der Waals surface area contributed by atoms with Gasteiger partial charge in [0.25, 0.3) is 0 Å². The summed E-state index contributed by atoms with van der Waals surface area (Å²) in [5, 5.41) is 3.35. The minimum atomic E-state index is 0.416. The van der Waals surface area contributed by atoms with Crippen molar-refractivity contribution < 1.29 is 4.74 Å². The average Bonchev–Trinajstić information content (AvgIpc) is 2.18. The van der Waals surface area contributed by atoms with Crippen molar-refractivity contribution in [2.24, 2.45) is 5.92 Å². The summed E-state index contributed by atoms with van der Waals surface area (Å²) < 4.78 is 6.07. The van der Waals surface area contributed by atoms with E-state index in [0.717, 1.165) is 25.4 Å². The third-order valence-electron chi connectivity index (χ3n) is 3.29. The number of nitrogens with one attached hydrogen (secondary N) is 1. The third-order valence-corrected chi connectivity index (χ3v) is 3.29. The molecule has 1 N–H and O–H groups in total. The molecule has 0 aromatic carbocycles. The molecular formula is C13H27NO. The maximum atomic E-state index is 6.07. The molecule has 1 fully saturated rings. The molecule has 2 nitrogen and oxygen atoms in total. The molecule has 0 amide bonds. The van der Waals surface area contributed by atoms with Gasteiger partial charge in [-0.25, -0.2) is 0 Å². The second kappa shape index (κ2) is 7.24. The van der Waals surface area contributed by atoms with E-state index in [1.54, 1.807) is 0 Å². The third kappa shape index (κ3) is 5.53. The van der Waals surface area contributed by atoms with Gasteiger partial charge in [-0.15, -0.1) is 0 Å². The van der Waals surface area contributed by atoms with Crippen molar-refractivity contribution in [3.63, 3.8) is 0 Å². The summed E-state index contributed by atoms with van der Waals surface area (Å²) >= 11 is 0. The Kier molecular flexibility index (Phi) is 6.26. The van der Waals surface area contributed by atoms with Crippen LogP contribution in [0, 0.1) is 5.92 Å². The van der Waals surface area contributed by atoms with Crippen LogP contribution in [0.2, 0.25) is 0 Å². The van der Waals surface area contributed by atoms with Crippen LogP contribution in [0.5, 0.6) is 0 Å². The first-order valence-electron chi connectivity index (χ1n) is 6.58. The fraction of sp³-hybridized carbons (Fsp3) is 1.00. The van der Waals surface area contributed by atoms with Gasteiger partial charge in [-0.1, -0.05) is 26.7 Å². The van der Waals surface area contributed by atoms with Crippen molar-refractivity contribution in [2.75, 3.05) is 13.1 Å². The van der Waals surface area contributed by atoms with Crippen molar-refractivity contribution in [3.05, 3.63) is 0 Å². The molecule has 0 radical (unpaired) electrons. The molecule has 0 aromatic heterocycles. The Hall–Kier alpha value is -0.0800. The maximum absolute atomic E-state index is 6.07. The van der Waals surface area contributed by atoms with Crippen LogP contribution in [0.4, 0.5) is 0 Å². The summed E-state index contributed by atoms with van der Waals surface area (Å²) in [6, 6.07) is 0.